The van der Waals surface area contributed by atoms with E-state index in [4.69, 9.17) is 5.73 Å². The fourth-order valence-electron chi connectivity index (χ4n) is 3.10. The second kappa shape index (κ2) is 7.05. The third-order valence-corrected chi connectivity index (χ3v) is 7.28. The minimum absolute atomic E-state index is 0.181. The lowest BCUT2D eigenvalue weighted by molar-refractivity contribution is -0.137. The van der Waals surface area contributed by atoms with Gasteiger partial charge in [0.25, 0.3) is 0 Å². The molecule has 0 unspecified atom stereocenters. The summed E-state index contributed by atoms with van der Waals surface area (Å²) in [6.45, 7) is 4.74. The Labute approximate surface area is 156 Å². The van der Waals surface area contributed by atoms with Crippen molar-refractivity contribution in [3.63, 3.8) is 0 Å². The quantitative estimate of drug-likeness (QED) is 0.800. The Balaban J connectivity index is 2.20. The Morgan fingerprint density at radius 2 is 1.78 bits per heavy atom. The van der Waals surface area contributed by atoms with Crippen LogP contribution in [-0.4, -0.2) is 30.1 Å². The molecule has 0 aromatic carbocycles. The van der Waals surface area contributed by atoms with Gasteiger partial charge in [0, 0.05) is 12.2 Å². The molecule has 0 saturated heterocycles. The highest BCUT2D eigenvalue weighted by molar-refractivity contribution is 7.90. The van der Waals surface area contributed by atoms with Crippen LogP contribution in [0.25, 0.3) is 0 Å². The van der Waals surface area contributed by atoms with Crippen LogP contribution in [0.15, 0.2) is 18.3 Å². The molecule has 0 radical (unpaired) electrons. The van der Waals surface area contributed by atoms with Crippen LogP contribution >= 0.6 is 0 Å². The number of nitrogens with two attached hydrogens (primary N) is 1. The summed E-state index contributed by atoms with van der Waals surface area (Å²) in [5.41, 5.74) is 3.64. The molecule has 2 rings (SSSR count). The fourth-order valence-corrected chi connectivity index (χ4v) is 4.13. The van der Waals surface area contributed by atoms with E-state index in [9.17, 15) is 26.4 Å². The Hall–Kier alpha value is -1.68. The zero-order valence-corrected chi connectivity index (χ0v) is 16.2. The smallest absolute Gasteiger partial charge is 0.369 e. The number of sulfonamides is 1. The average molecular weight is 407 g/mol. The molecule has 1 amide bonds. The van der Waals surface area contributed by atoms with Gasteiger partial charge in [0.05, 0.1) is 21.4 Å². The number of carbonyl (C=O) groups is 1. The number of pyridine rings is 1. The first kappa shape index (κ1) is 21.6. The number of nitrogens with zero attached hydrogens (tertiary/aromatic N) is 1. The summed E-state index contributed by atoms with van der Waals surface area (Å²) in [4.78, 5) is 16.0. The number of nitrogens with one attached hydrogen (secondary N) is 1. The SMILES string of the molecule is CC(C)(C)S(=O)(=O)NC1CCC(C(N)=O)(c2ccc(C(F)(F)F)cn2)CC1. The van der Waals surface area contributed by atoms with Crippen molar-refractivity contribution in [2.24, 2.45) is 5.73 Å². The van der Waals surface area contributed by atoms with Crippen LogP contribution in [0.4, 0.5) is 13.2 Å². The lowest BCUT2D eigenvalue weighted by Gasteiger charge is -2.38. The number of halogens is 3. The van der Waals surface area contributed by atoms with Crippen molar-refractivity contribution in [3.8, 4) is 0 Å². The molecule has 0 aliphatic heterocycles. The van der Waals surface area contributed by atoms with Crippen molar-refractivity contribution in [1.82, 2.24) is 9.71 Å². The second-order valence-electron chi connectivity index (χ2n) is 7.88. The van der Waals surface area contributed by atoms with E-state index in [-0.39, 0.29) is 24.6 Å². The number of rotatable bonds is 4. The van der Waals surface area contributed by atoms with Gasteiger partial charge in [-0.25, -0.2) is 13.1 Å². The Morgan fingerprint density at radius 3 is 2.15 bits per heavy atom. The molecule has 1 aromatic heterocycles. The average Bonchev–Trinajstić information content (AvgIpc) is 2.53. The number of hydrogen-bond acceptors (Lipinski definition) is 4. The van der Waals surface area contributed by atoms with Gasteiger partial charge >= 0.3 is 6.18 Å². The maximum absolute atomic E-state index is 12.7. The van der Waals surface area contributed by atoms with Crippen molar-refractivity contribution in [1.29, 1.82) is 0 Å². The monoisotopic (exact) mass is 407 g/mol. The van der Waals surface area contributed by atoms with E-state index in [1.165, 1.54) is 6.07 Å². The van der Waals surface area contributed by atoms with Gasteiger partial charge in [-0.05, 0) is 58.6 Å². The predicted molar refractivity (Wildman–Crippen MR) is 94.2 cm³/mol. The van der Waals surface area contributed by atoms with Gasteiger partial charge in [-0.15, -0.1) is 0 Å². The van der Waals surface area contributed by atoms with Gasteiger partial charge in [-0.3, -0.25) is 9.78 Å². The van der Waals surface area contributed by atoms with Crippen LogP contribution in [0.5, 0.6) is 0 Å². The molecule has 3 N–H and O–H groups in total. The van der Waals surface area contributed by atoms with Crippen LogP contribution < -0.4 is 10.5 Å². The predicted octanol–water partition coefficient (Wildman–Crippen LogP) is 2.48. The summed E-state index contributed by atoms with van der Waals surface area (Å²) < 4.78 is 64.4. The third kappa shape index (κ3) is 4.43. The molecule has 0 spiro atoms. The highest BCUT2D eigenvalue weighted by Crippen LogP contribution is 2.40. The van der Waals surface area contributed by atoms with Gasteiger partial charge in [0.2, 0.25) is 15.9 Å². The highest BCUT2D eigenvalue weighted by Gasteiger charge is 2.45. The molecule has 1 heterocycles. The van der Waals surface area contributed by atoms with E-state index in [2.05, 4.69) is 9.71 Å². The number of primary amides is 1. The van der Waals surface area contributed by atoms with Crippen molar-refractivity contribution in [2.75, 3.05) is 0 Å². The minimum atomic E-state index is -4.52. The van der Waals surface area contributed by atoms with Crippen LogP contribution in [0.1, 0.15) is 57.7 Å². The van der Waals surface area contributed by atoms with Crippen molar-refractivity contribution >= 4 is 15.9 Å². The summed E-state index contributed by atoms with van der Waals surface area (Å²) in [6.07, 6.45) is -2.75. The fraction of sp³-hybridized carbons (Fsp3) is 0.647. The largest absolute Gasteiger partial charge is 0.417 e. The van der Waals surface area contributed by atoms with E-state index in [0.717, 1.165) is 6.07 Å². The molecule has 0 atom stereocenters. The number of alkyl halides is 3. The van der Waals surface area contributed by atoms with Gasteiger partial charge in [0.15, 0.2) is 0 Å². The molecule has 1 aliphatic rings. The van der Waals surface area contributed by atoms with Gasteiger partial charge in [-0.1, -0.05) is 0 Å². The molecule has 1 aromatic rings. The van der Waals surface area contributed by atoms with Crippen LogP contribution in [0.3, 0.4) is 0 Å². The summed E-state index contributed by atoms with van der Waals surface area (Å²) in [7, 11) is -3.55. The Kier molecular flexibility index (Phi) is 5.64. The standard InChI is InChI=1S/C17H24F3N3O3S/c1-15(2,3)27(25,26)23-12-6-8-16(9-7-12,14(21)24)13-5-4-11(10-22-13)17(18,19)20/h4-5,10,12,23H,6-9H2,1-3H3,(H2,21,24). The van der Waals surface area contributed by atoms with E-state index in [0.29, 0.717) is 19.0 Å². The van der Waals surface area contributed by atoms with E-state index >= 15 is 0 Å². The zero-order chi connectivity index (χ0) is 20.7. The Bertz CT molecular complexity index is 791. The minimum Gasteiger partial charge on any atom is -0.369 e. The Morgan fingerprint density at radius 1 is 1.22 bits per heavy atom. The normalized spacial score (nSPS) is 24.6. The van der Waals surface area contributed by atoms with Gasteiger partial charge < -0.3 is 5.73 Å². The third-order valence-electron chi connectivity index (χ3n) is 5.02. The molecule has 0 bridgehead atoms. The van der Waals surface area contributed by atoms with Crippen LogP contribution in [0, 0.1) is 0 Å². The van der Waals surface area contributed by atoms with E-state index in [1.54, 1.807) is 20.8 Å². The van der Waals surface area contributed by atoms with Crippen LogP contribution in [-0.2, 0) is 26.4 Å². The molecule has 27 heavy (non-hydrogen) atoms. The lowest BCUT2D eigenvalue weighted by Crippen LogP contribution is -2.51. The maximum Gasteiger partial charge on any atom is 0.417 e. The topological polar surface area (TPSA) is 102 Å². The number of carbonyl (C=O) groups excluding carboxylic acids is 1. The lowest BCUT2D eigenvalue weighted by atomic mass is 9.69. The molecule has 10 heteroatoms. The molecule has 1 aliphatic carbocycles. The molecule has 1 saturated carbocycles. The molecular weight excluding hydrogens is 383 g/mol. The summed E-state index contributed by atoms with van der Waals surface area (Å²) >= 11 is 0. The summed E-state index contributed by atoms with van der Waals surface area (Å²) in [5, 5.41) is 0. The maximum atomic E-state index is 12.7. The molecule has 6 nitrogen and oxygen atoms in total. The van der Waals surface area contributed by atoms with Crippen molar-refractivity contribution < 1.29 is 26.4 Å². The van der Waals surface area contributed by atoms with Gasteiger partial charge in [0.1, 0.15) is 0 Å². The second-order valence-corrected chi connectivity index (χ2v) is 10.4. The molecular formula is C17H24F3N3O3S. The number of aromatic nitrogens is 1. The van der Waals surface area contributed by atoms with Crippen LogP contribution in [0.2, 0.25) is 0 Å². The molecule has 152 valence electrons. The highest BCUT2D eigenvalue weighted by atomic mass is 32.2. The van der Waals surface area contributed by atoms with E-state index in [1.807, 2.05) is 0 Å². The molecule has 1 fully saturated rings. The summed E-state index contributed by atoms with van der Waals surface area (Å²) in [6, 6.07) is 1.69. The zero-order valence-electron chi connectivity index (χ0n) is 15.4. The number of amides is 1. The first-order chi connectivity index (χ1) is 12.2. The van der Waals surface area contributed by atoms with Gasteiger partial charge in [-0.2, -0.15) is 13.2 Å². The first-order valence-corrected chi connectivity index (χ1v) is 10.0. The number of hydrogen-bond donors (Lipinski definition) is 2. The summed E-state index contributed by atoms with van der Waals surface area (Å²) in [5.74, 6) is -0.674. The van der Waals surface area contributed by atoms with Crippen molar-refractivity contribution in [2.45, 2.75) is 68.8 Å². The van der Waals surface area contributed by atoms with Crippen molar-refractivity contribution in [3.05, 3.63) is 29.6 Å². The first-order valence-electron chi connectivity index (χ1n) is 8.54. The van der Waals surface area contributed by atoms with E-state index < -0.39 is 37.8 Å².